The Morgan fingerprint density at radius 1 is 1.31 bits per heavy atom. The van der Waals surface area contributed by atoms with Gasteiger partial charge >= 0.3 is 5.97 Å². The lowest BCUT2D eigenvalue weighted by Gasteiger charge is -2.36. The molecule has 2 N–H and O–H groups in total. The highest BCUT2D eigenvalue weighted by Crippen LogP contribution is 2.48. The Kier molecular flexibility index (Phi) is 6.22. The van der Waals surface area contributed by atoms with Crippen LogP contribution in [-0.4, -0.2) is 49.4 Å². The third kappa shape index (κ3) is 4.27. The van der Waals surface area contributed by atoms with Crippen molar-refractivity contribution in [3.05, 3.63) is 54.4 Å². The second-order valence-electron chi connectivity index (χ2n) is 8.01. The molecule has 3 heterocycles. The van der Waals surface area contributed by atoms with Crippen molar-refractivity contribution in [3.8, 4) is 0 Å². The maximum Gasteiger partial charge on any atom is 0.324 e. The number of hydrogen-bond donors (Lipinski definition) is 2. The minimum absolute atomic E-state index is 0.172. The normalized spacial score (nSPS) is 24.6. The van der Waals surface area contributed by atoms with Crippen LogP contribution < -0.4 is 5.32 Å². The SMILES string of the molecule is CC(C)C[C@]1(C(=O)O)C[C@@H](C(=O)NCc2ccncn2)[C@@H](c2cccnc2)N1C. The number of carbonyl (C=O) groups excluding carboxylic acids is 1. The number of carbonyl (C=O) groups is 2. The molecule has 1 saturated heterocycles. The van der Waals surface area contributed by atoms with E-state index in [0.29, 0.717) is 12.1 Å². The number of rotatable bonds is 7. The van der Waals surface area contributed by atoms with E-state index in [-0.39, 0.29) is 30.8 Å². The van der Waals surface area contributed by atoms with Crippen LogP contribution in [0.25, 0.3) is 0 Å². The molecule has 1 amide bonds. The second kappa shape index (κ2) is 8.65. The van der Waals surface area contributed by atoms with Crippen molar-refractivity contribution < 1.29 is 14.7 Å². The number of likely N-dealkylation sites (tertiary alicyclic amines) is 1. The van der Waals surface area contributed by atoms with Crippen LogP contribution in [0.4, 0.5) is 0 Å². The van der Waals surface area contributed by atoms with E-state index in [1.807, 2.05) is 30.9 Å². The highest BCUT2D eigenvalue weighted by molar-refractivity contribution is 5.85. The van der Waals surface area contributed by atoms with Crippen LogP contribution in [0, 0.1) is 11.8 Å². The van der Waals surface area contributed by atoms with E-state index in [0.717, 1.165) is 5.56 Å². The number of amides is 1. The average Bonchev–Trinajstić information content (AvgIpc) is 3.00. The monoisotopic (exact) mass is 397 g/mol. The summed E-state index contributed by atoms with van der Waals surface area (Å²) in [5.41, 5.74) is 0.430. The zero-order valence-electron chi connectivity index (χ0n) is 16.9. The number of pyridine rings is 1. The van der Waals surface area contributed by atoms with E-state index in [1.165, 1.54) is 6.33 Å². The van der Waals surface area contributed by atoms with Crippen LogP contribution in [-0.2, 0) is 16.1 Å². The Morgan fingerprint density at radius 2 is 2.10 bits per heavy atom. The maximum absolute atomic E-state index is 13.1. The van der Waals surface area contributed by atoms with Crippen molar-refractivity contribution in [2.75, 3.05) is 7.05 Å². The minimum Gasteiger partial charge on any atom is -0.480 e. The van der Waals surface area contributed by atoms with E-state index >= 15 is 0 Å². The topological polar surface area (TPSA) is 108 Å². The molecule has 1 aliphatic rings. The standard InChI is InChI=1S/C21H27N5O3/c1-14(2)9-21(20(28)29)10-17(18(26(21)3)15-5-4-7-22-11-15)19(27)24-12-16-6-8-23-13-25-16/h4-8,11,13-14,17-18H,9-10,12H2,1-3H3,(H,24,27)(H,28,29)/t17-,18-,21-/m1/s1. The Bertz CT molecular complexity index is 846. The molecule has 0 unspecified atom stereocenters. The van der Waals surface area contributed by atoms with Gasteiger partial charge < -0.3 is 10.4 Å². The van der Waals surface area contributed by atoms with E-state index in [2.05, 4.69) is 20.3 Å². The quantitative estimate of drug-likeness (QED) is 0.736. The summed E-state index contributed by atoms with van der Waals surface area (Å²) in [7, 11) is 1.80. The third-order valence-corrected chi connectivity index (χ3v) is 5.62. The lowest BCUT2D eigenvalue weighted by atomic mass is 9.83. The van der Waals surface area contributed by atoms with E-state index in [4.69, 9.17) is 0 Å². The van der Waals surface area contributed by atoms with Crippen molar-refractivity contribution in [2.45, 2.75) is 44.8 Å². The molecule has 0 saturated carbocycles. The van der Waals surface area contributed by atoms with Crippen molar-refractivity contribution >= 4 is 11.9 Å². The molecule has 0 bridgehead atoms. The number of hydrogen-bond acceptors (Lipinski definition) is 6. The van der Waals surface area contributed by atoms with Gasteiger partial charge in [0.2, 0.25) is 5.91 Å². The summed E-state index contributed by atoms with van der Waals surface area (Å²) in [6.07, 6.45) is 7.13. The van der Waals surface area contributed by atoms with Gasteiger partial charge in [-0.1, -0.05) is 19.9 Å². The molecule has 29 heavy (non-hydrogen) atoms. The fourth-order valence-electron chi connectivity index (χ4n) is 4.36. The van der Waals surface area contributed by atoms with Gasteiger partial charge in [-0.25, -0.2) is 9.97 Å². The lowest BCUT2D eigenvalue weighted by molar-refractivity contribution is -0.151. The van der Waals surface area contributed by atoms with Crippen LogP contribution in [0.2, 0.25) is 0 Å². The number of aromatic nitrogens is 3. The molecular formula is C21H27N5O3. The summed E-state index contributed by atoms with van der Waals surface area (Å²) < 4.78 is 0. The first-order chi connectivity index (χ1) is 13.8. The lowest BCUT2D eigenvalue weighted by Crippen LogP contribution is -2.50. The van der Waals surface area contributed by atoms with E-state index in [9.17, 15) is 14.7 Å². The van der Waals surface area contributed by atoms with Crippen LogP contribution in [0.15, 0.2) is 43.1 Å². The molecule has 2 aromatic heterocycles. The molecule has 8 heteroatoms. The number of carboxylic acid groups (broad SMARTS) is 1. The highest BCUT2D eigenvalue weighted by atomic mass is 16.4. The largest absolute Gasteiger partial charge is 0.480 e. The number of nitrogens with zero attached hydrogens (tertiary/aromatic N) is 4. The molecule has 1 aliphatic heterocycles. The maximum atomic E-state index is 13.1. The summed E-state index contributed by atoms with van der Waals surface area (Å²) in [5.74, 6) is -1.42. The van der Waals surface area contributed by atoms with Gasteiger partial charge in [0.15, 0.2) is 0 Å². The molecule has 0 aromatic carbocycles. The fourth-order valence-corrected chi connectivity index (χ4v) is 4.36. The summed E-state index contributed by atoms with van der Waals surface area (Å²) >= 11 is 0. The Balaban J connectivity index is 1.91. The van der Waals surface area contributed by atoms with Crippen LogP contribution >= 0.6 is 0 Å². The molecule has 8 nitrogen and oxygen atoms in total. The number of aliphatic carboxylic acids is 1. The molecule has 3 rings (SSSR count). The first kappa shape index (κ1) is 20.9. The van der Waals surface area contributed by atoms with Gasteiger partial charge in [-0.05, 0) is 43.5 Å². The van der Waals surface area contributed by atoms with Gasteiger partial charge in [0.1, 0.15) is 11.9 Å². The number of likely N-dealkylation sites (N-methyl/N-ethyl adjacent to an activating group) is 1. The molecule has 154 valence electrons. The summed E-state index contributed by atoms with van der Waals surface area (Å²) in [4.78, 5) is 39.6. The Hall–Kier alpha value is -2.87. The predicted octanol–water partition coefficient (Wildman–Crippen LogP) is 2.05. The van der Waals surface area contributed by atoms with E-state index in [1.54, 1.807) is 31.7 Å². The second-order valence-corrected chi connectivity index (χ2v) is 8.01. The first-order valence-corrected chi connectivity index (χ1v) is 9.74. The van der Waals surface area contributed by atoms with Crippen LogP contribution in [0.3, 0.4) is 0 Å². The number of nitrogens with one attached hydrogen (secondary N) is 1. The summed E-state index contributed by atoms with van der Waals surface area (Å²) in [5, 5.41) is 13.1. The highest BCUT2D eigenvalue weighted by Gasteiger charge is 2.57. The molecule has 2 aromatic rings. The number of carboxylic acids is 1. The van der Waals surface area contributed by atoms with Gasteiger partial charge in [0.25, 0.3) is 0 Å². The van der Waals surface area contributed by atoms with Crippen LogP contribution in [0.1, 0.15) is 44.0 Å². The molecule has 0 radical (unpaired) electrons. The van der Waals surface area contributed by atoms with Crippen molar-refractivity contribution in [2.24, 2.45) is 11.8 Å². The van der Waals surface area contributed by atoms with Gasteiger partial charge in [0.05, 0.1) is 18.2 Å². The van der Waals surface area contributed by atoms with Gasteiger partial charge in [0, 0.05) is 24.6 Å². The van der Waals surface area contributed by atoms with Gasteiger partial charge in [-0.3, -0.25) is 19.5 Å². The summed E-state index contributed by atoms with van der Waals surface area (Å²) in [6.45, 7) is 4.27. The van der Waals surface area contributed by atoms with Crippen LogP contribution in [0.5, 0.6) is 0 Å². The Morgan fingerprint density at radius 3 is 2.69 bits per heavy atom. The third-order valence-electron chi connectivity index (χ3n) is 5.62. The Labute approximate surface area is 170 Å². The molecule has 1 fully saturated rings. The van der Waals surface area contributed by atoms with Crippen molar-refractivity contribution in [3.63, 3.8) is 0 Å². The smallest absolute Gasteiger partial charge is 0.324 e. The zero-order valence-corrected chi connectivity index (χ0v) is 16.9. The molecule has 0 aliphatic carbocycles. The zero-order chi connectivity index (χ0) is 21.0. The summed E-state index contributed by atoms with van der Waals surface area (Å²) in [6, 6.07) is 5.07. The average molecular weight is 397 g/mol. The van der Waals surface area contributed by atoms with E-state index < -0.39 is 17.4 Å². The predicted molar refractivity (Wildman–Crippen MR) is 107 cm³/mol. The first-order valence-electron chi connectivity index (χ1n) is 9.74. The molecule has 0 spiro atoms. The van der Waals surface area contributed by atoms with Gasteiger partial charge in [-0.15, -0.1) is 0 Å². The fraction of sp³-hybridized carbons (Fsp3) is 0.476. The molecular weight excluding hydrogens is 370 g/mol. The van der Waals surface area contributed by atoms with Crippen molar-refractivity contribution in [1.29, 1.82) is 0 Å². The van der Waals surface area contributed by atoms with Crippen molar-refractivity contribution in [1.82, 2.24) is 25.2 Å². The molecule has 3 atom stereocenters. The minimum atomic E-state index is -1.11. The van der Waals surface area contributed by atoms with Gasteiger partial charge in [-0.2, -0.15) is 0 Å².